The quantitative estimate of drug-likeness (QED) is 0.631. The summed E-state index contributed by atoms with van der Waals surface area (Å²) in [5.41, 5.74) is 3.60. The van der Waals surface area contributed by atoms with Crippen LogP contribution in [0.25, 0.3) is 6.08 Å². The summed E-state index contributed by atoms with van der Waals surface area (Å²) in [5, 5.41) is 2.71. The molecule has 2 aromatic carbocycles. The Morgan fingerprint density at radius 3 is 2.22 bits per heavy atom. The molecule has 0 unspecified atom stereocenters. The normalized spacial score (nSPS) is 10.7. The Kier molecular flexibility index (Phi) is 5.87. The highest BCUT2D eigenvalue weighted by atomic mass is 16.1. The Balaban J connectivity index is 2.01. The van der Waals surface area contributed by atoms with Gasteiger partial charge < -0.3 is 5.32 Å². The third-order valence-electron chi connectivity index (χ3n) is 3.44. The maximum atomic E-state index is 12.2. The van der Waals surface area contributed by atoms with Crippen LogP contribution in [0.2, 0.25) is 0 Å². The van der Waals surface area contributed by atoms with E-state index in [2.05, 4.69) is 12.2 Å². The molecule has 0 aromatic heterocycles. The minimum absolute atomic E-state index is 0.0148. The standard InChI is InChI=1S/C20H21NO2/c1-3-4-16-5-10-18(11-6-16)20(23)14-9-17-7-12-19(13-8-17)21-15(2)22/h5-14H,3-4H2,1-2H3,(H,21,22). The van der Waals surface area contributed by atoms with Gasteiger partial charge in [-0.2, -0.15) is 0 Å². The monoisotopic (exact) mass is 307 g/mol. The molecule has 0 aliphatic heterocycles. The van der Waals surface area contributed by atoms with Crippen LogP contribution in [-0.4, -0.2) is 11.7 Å². The highest BCUT2D eigenvalue weighted by molar-refractivity contribution is 6.06. The molecular formula is C20H21NO2. The zero-order chi connectivity index (χ0) is 16.7. The molecule has 0 spiro atoms. The first-order valence-electron chi connectivity index (χ1n) is 7.77. The van der Waals surface area contributed by atoms with E-state index in [-0.39, 0.29) is 11.7 Å². The van der Waals surface area contributed by atoms with Gasteiger partial charge in [-0.05, 0) is 35.8 Å². The van der Waals surface area contributed by atoms with Gasteiger partial charge in [-0.25, -0.2) is 0 Å². The Bertz CT molecular complexity index is 697. The third kappa shape index (κ3) is 5.22. The molecule has 0 aliphatic rings. The number of benzene rings is 2. The van der Waals surface area contributed by atoms with Crippen LogP contribution in [-0.2, 0) is 11.2 Å². The topological polar surface area (TPSA) is 46.2 Å². The van der Waals surface area contributed by atoms with Crippen LogP contribution in [0.1, 0.15) is 41.8 Å². The Morgan fingerprint density at radius 2 is 1.65 bits per heavy atom. The fourth-order valence-electron chi connectivity index (χ4n) is 2.27. The number of nitrogens with one attached hydrogen (secondary N) is 1. The first kappa shape index (κ1) is 16.7. The van der Waals surface area contributed by atoms with E-state index >= 15 is 0 Å². The van der Waals surface area contributed by atoms with Gasteiger partial charge in [0.05, 0.1) is 0 Å². The van der Waals surface area contributed by atoms with Crippen LogP contribution in [0.3, 0.4) is 0 Å². The average Bonchev–Trinajstić information content (AvgIpc) is 2.54. The fraction of sp³-hybridized carbons (Fsp3) is 0.200. The van der Waals surface area contributed by atoms with Crippen LogP contribution in [0.5, 0.6) is 0 Å². The molecule has 3 heteroatoms. The minimum Gasteiger partial charge on any atom is -0.326 e. The van der Waals surface area contributed by atoms with Gasteiger partial charge in [-0.3, -0.25) is 9.59 Å². The van der Waals surface area contributed by atoms with Crippen LogP contribution >= 0.6 is 0 Å². The first-order valence-corrected chi connectivity index (χ1v) is 7.77. The van der Waals surface area contributed by atoms with Crippen LogP contribution < -0.4 is 5.32 Å². The first-order chi connectivity index (χ1) is 11.1. The van der Waals surface area contributed by atoms with E-state index in [1.807, 2.05) is 48.5 Å². The summed E-state index contributed by atoms with van der Waals surface area (Å²) in [6.45, 7) is 3.61. The zero-order valence-electron chi connectivity index (χ0n) is 13.5. The van der Waals surface area contributed by atoms with Crippen molar-refractivity contribution in [3.05, 3.63) is 71.3 Å². The van der Waals surface area contributed by atoms with E-state index in [0.717, 1.165) is 24.1 Å². The van der Waals surface area contributed by atoms with Crippen molar-refractivity contribution < 1.29 is 9.59 Å². The molecule has 23 heavy (non-hydrogen) atoms. The summed E-state index contributed by atoms with van der Waals surface area (Å²) >= 11 is 0. The van der Waals surface area contributed by atoms with E-state index in [1.165, 1.54) is 12.5 Å². The molecule has 0 radical (unpaired) electrons. The number of rotatable bonds is 6. The number of carbonyl (C=O) groups is 2. The SMILES string of the molecule is CCCc1ccc(C(=O)C=Cc2ccc(NC(C)=O)cc2)cc1. The minimum atomic E-state index is -0.102. The number of amides is 1. The molecule has 2 rings (SSSR count). The van der Waals surface area contributed by atoms with Crippen molar-refractivity contribution in [2.45, 2.75) is 26.7 Å². The summed E-state index contributed by atoms with van der Waals surface area (Å²) in [6, 6.07) is 15.1. The van der Waals surface area contributed by atoms with Crippen LogP contribution in [0, 0.1) is 0 Å². The van der Waals surface area contributed by atoms with E-state index < -0.39 is 0 Å². The molecule has 0 heterocycles. The summed E-state index contributed by atoms with van der Waals surface area (Å²) < 4.78 is 0. The van der Waals surface area contributed by atoms with Crippen molar-refractivity contribution in [2.24, 2.45) is 0 Å². The largest absolute Gasteiger partial charge is 0.326 e. The van der Waals surface area contributed by atoms with Crippen molar-refractivity contribution >= 4 is 23.5 Å². The van der Waals surface area contributed by atoms with Crippen LogP contribution in [0.4, 0.5) is 5.69 Å². The third-order valence-corrected chi connectivity index (χ3v) is 3.44. The van der Waals surface area contributed by atoms with Crippen molar-refractivity contribution in [2.75, 3.05) is 5.32 Å². The van der Waals surface area contributed by atoms with E-state index in [4.69, 9.17) is 0 Å². The summed E-state index contributed by atoms with van der Waals surface area (Å²) in [6.07, 6.45) is 5.48. The lowest BCUT2D eigenvalue weighted by molar-refractivity contribution is -0.114. The molecule has 118 valence electrons. The van der Waals surface area contributed by atoms with E-state index in [9.17, 15) is 9.59 Å². The lowest BCUT2D eigenvalue weighted by atomic mass is 10.0. The molecule has 1 amide bonds. The summed E-state index contributed by atoms with van der Waals surface area (Å²) in [7, 11) is 0. The van der Waals surface area contributed by atoms with E-state index in [1.54, 1.807) is 12.2 Å². The highest BCUT2D eigenvalue weighted by Crippen LogP contribution is 2.12. The van der Waals surface area contributed by atoms with Crippen molar-refractivity contribution in [1.82, 2.24) is 0 Å². The van der Waals surface area contributed by atoms with Crippen molar-refractivity contribution in [1.29, 1.82) is 0 Å². The Morgan fingerprint density at radius 1 is 1.00 bits per heavy atom. The lowest BCUT2D eigenvalue weighted by Gasteiger charge is -2.02. The van der Waals surface area contributed by atoms with Crippen molar-refractivity contribution in [3.8, 4) is 0 Å². The smallest absolute Gasteiger partial charge is 0.221 e. The number of aryl methyl sites for hydroxylation is 1. The van der Waals surface area contributed by atoms with Crippen LogP contribution in [0.15, 0.2) is 54.6 Å². The number of ketones is 1. The maximum Gasteiger partial charge on any atom is 0.221 e. The van der Waals surface area contributed by atoms with Gasteiger partial charge in [0.1, 0.15) is 0 Å². The summed E-state index contributed by atoms with van der Waals surface area (Å²) in [5.74, 6) is -0.117. The molecule has 1 N–H and O–H groups in total. The number of anilines is 1. The van der Waals surface area contributed by atoms with Gasteiger partial charge in [0, 0.05) is 18.2 Å². The molecule has 0 saturated carbocycles. The molecular weight excluding hydrogens is 286 g/mol. The molecule has 3 nitrogen and oxygen atoms in total. The fourth-order valence-corrected chi connectivity index (χ4v) is 2.27. The van der Waals surface area contributed by atoms with Gasteiger partial charge in [0.15, 0.2) is 5.78 Å². The van der Waals surface area contributed by atoms with Gasteiger partial charge in [-0.1, -0.05) is 55.8 Å². The number of hydrogen-bond acceptors (Lipinski definition) is 2. The Hall–Kier alpha value is -2.68. The van der Waals surface area contributed by atoms with Gasteiger partial charge in [0.25, 0.3) is 0 Å². The second kappa shape index (κ2) is 8.08. The second-order valence-corrected chi connectivity index (χ2v) is 5.45. The van der Waals surface area contributed by atoms with E-state index in [0.29, 0.717) is 5.56 Å². The van der Waals surface area contributed by atoms with Crippen molar-refractivity contribution in [3.63, 3.8) is 0 Å². The molecule has 0 bridgehead atoms. The predicted octanol–water partition coefficient (Wildman–Crippen LogP) is 4.49. The second-order valence-electron chi connectivity index (χ2n) is 5.45. The lowest BCUT2D eigenvalue weighted by Crippen LogP contribution is -2.05. The zero-order valence-corrected chi connectivity index (χ0v) is 13.5. The van der Waals surface area contributed by atoms with Gasteiger partial charge in [0.2, 0.25) is 5.91 Å². The predicted molar refractivity (Wildman–Crippen MR) is 94.5 cm³/mol. The van der Waals surface area contributed by atoms with Gasteiger partial charge >= 0.3 is 0 Å². The molecule has 2 aromatic rings. The molecule has 0 aliphatic carbocycles. The maximum absolute atomic E-state index is 12.2. The molecule has 0 fully saturated rings. The average molecular weight is 307 g/mol. The molecule has 0 saturated heterocycles. The number of carbonyl (C=O) groups excluding carboxylic acids is 2. The summed E-state index contributed by atoms with van der Waals surface area (Å²) in [4.78, 5) is 23.1. The number of allylic oxidation sites excluding steroid dienone is 1. The number of hydrogen-bond donors (Lipinski definition) is 1. The highest BCUT2D eigenvalue weighted by Gasteiger charge is 2.02. The molecule has 0 atom stereocenters. The van der Waals surface area contributed by atoms with Gasteiger partial charge in [-0.15, -0.1) is 0 Å². The Labute approximate surface area is 137 Å².